The fourth-order valence-electron chi connectivity index (χ4n) is 3.06. The molecule has 0 aliphatic carbocycles. The van der Waals surface area contributed by atoms with Gasteiger partial charge in [-0.25, -0.2) is 9.78 Å². The number of fused-ring (bicyclic) bond motifs is 1. The number of ether oxygens (including phenoxy) is 2. The maximum absolute atomic E-state index is 13.2. The molecule has 0 bridgehead atoms. The first kappa shape index (κ1) is 25.2. The normalized spacial score (nSPS) is 13.3. The molecule has 1 aromatic heterocycles. The number of esters is 1. The quantitative estimate of drug-likeness (QED) is 0.272. The highest BCUT2D eigenvalue weighted by atomic mass is 79.9. The Kier molecular flexibility index (Phi) is 8.15. The molecule has 2 atom stereocenters. The molecular formula is C23H22BrCl2N3O4. The van der Waals surface area contributed by atoms with E-state index >= 15 is 0 Å². The zero-order chi connectivity index (χ0) is 24.3. The van der Waals surface area contributed by atoms with Crippen molar-refractivity contribution in [1.29, 1.82) is 0 Å². The number of carbonyl (C=O) groups excluding carboxylic acids is 1. The van der Waals surface area contributed by atoms with Crippen molar-refractivity contribution in [2.75, 3.05) is 7.11 Å². The standard InChI is InChI=1S/C23H22BrCl2N3O4/c1-5-12(2)21-28-19-7-6-15(24)10-16(19)22(30)29(21)27-11-14-8-17(25)20(18(26)9-14)33-13(3)23(31)32-4/h6-13H,5H2,1-4H3/t12-,13+/m0/s1. The lowest BCUT2D eigenvalue weighted by atomic mass is 10.1. The van der Waals surface area contributed by atoms with Gasteiger partial charge in [0.2, 0.25) is 0 Å². The lowest BCUT2D eigenvalue weighted by molar-refractivity contribution is -0.147. The fourth-order valence-corrected chi connectivity index (χ4v) is 4.02. The molecule has 0 N–H and O–H groups in total. The van der Waals surface area contributed by atoms with Crippen LogP contribution in [0.3, 0.4) is 0 Å². The third-order valence-corrected chi connectivity index (χ3v) is 6.11. The molecule has 0 fully saturated rings. The van der Waals surface area contributed by atoms with Crippen molar-refractivity contribution in [3.8, 4) is 5.75 Å². The van der Waals surface area contributed by atoms with E-state index in [1.165, 1.54) is 24.9 Å². The number of hydrogen-bond acceptors (Lipinski definition) is 6. The van der Waals surface area contributed by atoms with Crippen LogP contribution in [-0.4, -0.2) is 35.1 Å². The molecule has 1 heterocycles. The minimum atomic E-state index is -0.885. The molecule has 0 saturated carbocycles. The third kappa shape index (κ3) is 5.57. The van der Waals surface area contributed by atoms with Gasteiger partial charge >= 0.3 is 5.97 Å². The number of hydrogen-bond donors (Lipinski definition) is 0. The largest absolute Gasteiger partial charge is 0.476 e. The predicted octanol–water partition coefficient (Wildman–Crippen LogP) is 5.80. The second kappa shape index (κ2) is 10.7. The first-order valence-electron chi connectivity index (χ1n) is 10.2. The summed E-state index contributed by atoms with van der Waals surface area (Å²) in [5, 5.41) is 5.24. The Bertz CT molecular complexity index is 1270. The Balaban J connectivity index is 2.04. The van der Waals surface area contributed by atoms with Crippen LogP contribution in [0.5, 0.6) is 5.75 Å². The Morgan fingerprint density at radius 3 is 2.52 bits per heavy atom. The second-order valence-corrected chi connectivity index (χ2v) is 9.13. The van der Waals surface area contributed by atoms with Gasteiger partial charge in [0.1, 0.15) is 5.82 Å². The molecule has 0 spiro atoms. The molecule has 174 valence electrons. The van der Waals surface area contributed by atoms with Crippen LogP contribution < -0.4 is 10.3 Å². The minimum Gasteiger partial charge on any atom is -0.476 e. The Labute approximate surface area is 209 Å². The van der Waals surface area contributed by atoms with E-state index in [1.54, 1.807) is 24.3 Å². The van der Waals surface area contributed by atoms with E-state index in [-0.39, 0.29) is 27.3 Å². The first-order chi connectivity index (χ1) is 15.7. The summed E-state index contributed by atoms with van der Waals surface area (Å²) in [6.07, 6.45) is 1.38. The Hall–Kier alpha value is -2.42. The van der Waals surface area contributed by atoms with E-state index in [4.69, 9.17) is 27.9 Å². The average Bonchev–Trinajstić information content (AvgIpc) is 2.79. The number of aromatic nitrogens is 2. The molecule has 2 aromatic carbocycles. The van der Waals surface area contributed by atoms with Crippen molar-refractivity contribution in [2.24, 2.45) is 5.10 Å². The van der Waals surface area contributed by atoms with Crippen LogP contribution in [0.1, 0.15) is 44.5 Å². The van der Waals surface area contributed by atoms with E-state index < -0.39 is 12.1 Å². The van der Waals surface area contributed by atoms with Crippen molar-refractivity contribution < 1.29 is 14.3 Å². The van der Waals surface area contributed by atoms with Gasteiger partial charge < -0.3 is 9.47 Å². The average molecular weight is 555 g/mol. The topological polar surface area (TPSA) is 82.8 Å². The maximum Gasteiger partial charge on any atom is 0.346 e. The molecule has 7 nitrogen and oxygen atoms in total. The molecule has 0 amide bonds. The lowest BCUT2D eigenvalue weighted by Gasteiger charge is -2.15. The van der Waals surface area contributed by atoms with Crippen molar-refractivity contribution in [3.63, 3.8) is 0 Å². The monoisotopic (exact) mass is 553 g/mol. The van der Waals surface area contributed by atoms with Crippen LogP contribution in [0.2, 0.25) is 10.0 Å². The molecule has 0 aliphatic heterocycles. The van der Waals surface area contributed by atoms with Crippen LogP contribution in [0.25, 0.3) is 10.9 Å². The maximum atomic E-state index is 13.2. The predicted molar refractivity (Wildman–Crippen MR) is 134 cm³/mol. The number of methoxy groups -OCH3 is 1. The van der Waals surface area contributed by atoms with Crippen LogP contribution in [0.4, 0.5) is 0 Å². The van der Waals surface area contributed by atoms with Gasteiger partial charge in [0.25, 0.3) is 5.56 Å². The van der Waals surface area contributed by atoms with Gasteiger partial charge in [-0.1, -0.05) is 53.0 Å². The third-order valence-electron chi connectivity index (χ3n) is 5.06. The van der Waals surface area contributed by atoms with Crippen molar-refractivity contribution in [3.05, 3.63) is 66.6 Å². The number of benzene rings is 2. The molecule has 3 rings (SSSR count). The number of rotatable bonds is 7. The van der Waals surface area contributed by atoms with Gasteiger partial charge in [0.15, 0.2) is 11.9 Å². The summed E-state index contributed by atoms with van der Waals surface area (Å²) < 4.78 is 12.3. The summed E-state index contributed by atoms with van der Waals surface area (Å²) in [6, 6.07) is 8.52. The molecule has 0 radical (unpaired) electrons. The minimum absolute atomic E-state index is 0.00524. The van der Waals surface area contributed by atoms with Crippen LogP contribution in [-0.2, 0) is 9.53 Å². The smallest absolute Gasteiger partial charge is 0.346 e. The SMILES string of the molecule is CC[C@H](C)c1nc2ccc(Br)cc2c(=O)n1N=Cc1cc(Cl)c(O[C@H](C)C(=O)OC)c(Cl)c1. The number of carbonyl (C=O) groups is 1. The summed E-state index contributed by atoms with van der Waals surface area (Å²) in [5.74, 6) is 0.159. The van der Waals surface area contributed by atoms with Gasteiger partial charge in [0, 0.05) is 10.4 Å². The lowest BCUT2D eigenvalue weighted by Crippen LogP contribution is -2.25. The summed E-state index contributed by atoms with van der Waals surface area (Å²) in [7, 11) is 1.26. The highest BCUT2D eigenvalue weighted by molar-refractivity contribution is 9.10. The molecule has 3 aromatic rings. The second-order valence-electron chi connectivity index (χ2n) is 7.40. The fraction of sp³-hybridized carbons (Fsp3) is 0.304. The van der Waals surface area contributed by atoms with Gasteiger partial charge in [-0.05, 0) is 49.2 Å². The van der Waals surface area contributed by atoms with Crippen molar-refractivity contribution in [2.45, 2.75) is 39.2 Å². The van der Waals surface area contributed by atoms with E-state index in [0.29, 0.717) is 22.3 Å². The molecule has 33 heavy (non-hydrogen) atoms. The van der Waals surface area contributed by atoms with Crippen LogP contribution in [0.15, 0.2) is 44.7 Å². The van der Waals surface area contributed by atoms with E-state index in [9.17, 15) is 9.59 Å². The molecule has 0 aliphatic rings. The van der Waals surface area contributed by atoms with Crippen LogP contribution >= 0.6 is 39.1 Å². The summed E-state index contributed by atoms with van der Waals surface area (Å²) >= 11 is 16.1. The van der Waals surface area contributed by atoms with Gasteiger partial charge in [-0.2, -0.15) is 9.78 Å². The highest BCUT2D eigenvalue weighted by Gasteiger charge is 2.19. The summed E-state index contributed by atoms with van der Waals surface area (Å²) in [4.78, 5) is 29.5. The van der Waals surface area contributed by atoms with Gasteiger partial charge in [-0.3, -0.25) is 4.79 Å². The van der Waals surface area contributed by atoms with Gasteiger partial charge in [0.05, 0.1) is 34.3 Å². The zero-order valence-electron chi connectivity index (χ0n) is 18.4. The highest BCUT2D eigenvalue weighted by Crippen LogP contribution is 2.34. The Morgan fingerprint density at radius 2 is 1.91 bits per heavy atom. The molecule has 10 heteroatoms. The number of halogens is 3. The van der Waals surface area contributed by atoms with E-state index in [0.717, 1.165) is 10.9 Å². The molecule has 0 unspecified atom stereocenters. The van der Waals surface area contributed by atoms with E-state index in [1.807, 2.05) is 19.9 Å². The van der Waals surface area contributed by atoms with Crippen molar-refractivity contribution >= 4 is 62.2 Å². The summed E-state index contributed by atoms with van der Waals surface area (Å²) in [6.45, 7) is 5.53. The van der Waals surface area contributed by atoms with Crippen LogP contribution in [0, 0.1) is 0 Å². The van der Waals surface area contributed by atoms with Crippen molar-refractivity contribution in [1.82, 2.24) is 9.66 Å². The molecular weight excluding hydrogens is 533 g/mol. The zero-order valence-corrected chi connectivity index (χ0v) is 21.5. The Morgan fingerprint density at radius 1 is 1.24 bits per heavy atom. The molecule has 0 saturated heterocycles. The van der Waals surface area contributed by atoms with E-state index in [2.05, 4.69) is 30.8 Å². The van der Waals surface area contributed by atoms with Gasteiger partial charge in [-0.15, -0.1) is 0 Å². The summed E-state index contributed by atoms with van der Waals surface area (Å²) in [5.41, 5.74) is 0.869. The first-order valence-corrected chi connectivity index (χ1v) is 11.7. The number of nitrogens with zero attached hydrogens (tertiary/aromatic N) is 3.